The van der Waals surface area contributed by atoms with Gasteiger partial charge in [-0.05, 0) is 43.9 Å². The first-order valence-corrected chi connectivity index (χ1v) is 7.05. The van der Waals surface area contributed by atoms with Crippen LogP contribution in [0.4, 0.5) is 5.69 Å². The lowest BCUT2D eigenvalue weighted by Gasteiger charge is -2.22. The molecule has 4 heteroatoms. The van der Waals surface area contributed by atoms with Gasteiger partial charge < -0.3 is 15.2 Å². The summed E-state index contributed by atoms with van der Waals surface area (Å²) in [6, 6.07) is 4.96. The number of anilines is 1. The normalized spacial score (nSPS) is 15.6. The molecule has 1 aromatic rings. The van der Waals surface area contributed by atoms with Crippen molar-refractivity contribution in [1.82, 2.24) is 0 Å². The molecule has 20 heavy (non-hydrogen) atoms. The zero-order valence-corrected chi connectivity index (χ0v) is 11.6. The molecular weight excluding hydrogens is 254 g/mol. The van der Waals surface area contributed by atoms with E-state index in [-0.39, 0.29) is 12.1 Å². The van der Waals surface area contributed by atoms with Crippen molar-refractivity contribution in [3.8, 4) is 5.75 Å². The molecule has 0 unspecified atom stereocenters. The van der Waals surface area contributed by atoms with Crippen molar-refractivity contribution in [3.63, 3.8) is 0 Å². The van der Waals surface area contributed by atoms with Crippen LogP contribution in [0.2, 0.25) is 0 Å². The van der Waals surface area contributed by atoms with E-state index in [1.54, 1.807) is 24.3 Å². The van der Waals surface area contributed by atoms with Crippen molar-refractivity contribution in [1.29, 1.82) is 0 Å². The number of hydrogen-bond donors (Lipinski definition) is 1. The van der Waals surface area contributed by atoms with Gasteiger partial charge in [0, 0.05) is 0 Å². The van der Waals surface area contributed by atoms with Crippen LogP contribution in [-0.2, 0) is 4.74 Å². The Labute approximate surface area is 119 Å². The number of carbonyl (C=O) groups is 1. The molecule has 1 aliphatic rings. The first-order valence-electron chi connectivity index (χ1n) is 7.05. The summed E-state index contributed by atoms with van der Waals surface area (Å²) in [6.07, 6.45) is 7.09. The summed E-state index contributed by atoms with van der Waals surface area (Å²) in [5.74, 6) is 0.184. The highest BCUT2D eigenvalue weighted by Gasteiger charge is 2.19. The molecule has 0 bridgehead atoms. The minimum atomic E-state index is -0.305. The SMILES string of the molecule is C=CCOc1cc(C(=O)OC2CCCCC2)ccc1N. The second kappa shape index (κ2) is 6.98. The second-order valence-corrected chi connectivity index (χ2v) is 5.02. The Hall–Kier alpha value is -1.97. The third-order valence-electron chi connectivity index (χ3n) is 3.43. The van der Waals surface area contributed by atoms with Crippen molar-refractivity contribution in [2.24, 2.45) is 0 Å². The molecule has 0 amide bonds. The molecule has 0 aromatic heterocycles. The molecule has 1 aliphatic carbocycles. The number of hydrogen-bond acceptors (Lipinski definition) is 4. The maximum Gasteiger partial charge on any atom is 0.338 e. The van der Waals surface area contributed by atoms with Gasteiger partial charge in [0.25, 0.3) is 0 Å². The Morgan fingerprint density at radius 2 is 2.10 bits per heavy atom. The third kappa shape index (κ3) is 3.76. The van der Waals surface area contributed by atoms with Crippen LogP contribution in [0, 0.1) is 0 Å². The molecule has 2 N–H and O–H groups in total. The van der Waals surface area contributed by atoms with E-state index >= 15 is 0 Å². The van der Waals surface area contributed by atoms with Crippen molar-refractivity contribution in [2.75, 3.05) is 12.3 Å². The average Bonchev–Trinajstić information content (AvgIpc) is 2.47. The summed E-state index contributed by atoms with van der Waals surface area (Å²) in [7, 11) is 0. The lowest BCUT2D eigenvalue weighted by Crippen LogP contribution is -2.21. The fourth-order valence-electron chi connectivity index (χ4n) is 2.34. The summed E-state index contributed by atoms with van der Waals surface area (Å²) in [4.78, 5) is 12.1. The standard InChI is InChI=1S/C16H21NO3/c1-2-10-19-15-11-12(8-9-14(15)17)16(18)20-13-6-4-3-5-7-13/h2,8-9,11,13H,1,3-7,10,17H2. The fourth-order valence-corrected chi connectivity index (χ4v) is 2.34. The Kier molecular flexibility index (Phi) is 5.04. The predicted octanol–water partition coefficient (Wildman–Crippen LogP) is 3.32. The van der Waals surface area contributed by atoms with E-state index in [0.29, 0.717) is 23.6 Å². The van der Waals surface area contributed by atoms with Crippen molar-refractivity contribution >= 4 is 11.7 Å². The summed E-state index contributed by atoms with van der Waals surface area (Å²) in [5.41, 5.74) is 6.78. The van der Waals surface area contributed by atoms with Gasteiger partial charge in [-0.2, -0.15) is 0 Å². The highest BCUT2D eigenvalue weighted by atomic mass is 16.5. The lowest BCUT2D eigenvalue weighted by atomic mass is 9.98. The largest absolute Gasteiger partial charge is 0.487 e. The number of esters is 1. The number of carbonyl (C=O) groups excluding carboxylic acids is 1. The first-order chi connectivity index (χ1) is 9.70. The molecule has 0 spiro atoms. The summed E-state index contributed by atoms with van der Waals surface area (Å²) < 4.78 is 10.9. The molecule has 0 atom stereocenters. The topological polar surface area (TPSA) is 61.5 Å². The van der Waals surface area contributed by atoms with Gasteiger partial charge in [0.2, 0.25) is 0 Å². The van der Waals surface area contributed by atoms with E-state index in [1.165, 1.54) is 6.42 Å². The van der Waals surface area contributed by atoms with Crippen molar-refractivity contribution in [2.45, 2.75) is 38.2 Å². The summed E-state index contributed by atoms with van der Waals surface area (Å²) in [6.45, 7) is 3.94. The van der Waals surface area contributed by atoms with Crippen LogP contribution in [0.3, 0.4) is 0 Å². The van der Waals surface area contributed by atoms with E-state index in [1.807, 2.05) is 0 Å². The second-order valence-electron chi connectivity index (χ2n) is 5.02. The minimum absolute atomic E-state index is 0.0475. The Bertz CT molecular complexity index is 479. The molecule has 1 saturated carbocycles. The summed E-state index contributed by atoms with van der Waals surface area (Å²) in [5, 5.41) is 0. The summed E-state index contributed by atoms with van der Waals surface area (Å²) >= 11 is 0. The Morgan fingerprint density at radius 3 is 2.80 bits per heavy atom. The molecule has 0 saturated heterocycles. The maximum atomic E-state index is 12.1. The van der Waals surface area contributed by atoms with E-state index in [2.05, 4.69) is 6.58 Å². The average molecular weight is 275 g/mol. The molecule has 0 heterocycles. The zero-order chi connectivity index (χ0) is 14.4. The lowest BCUT2D eigenvalue weighted by molar-refractivity contribution is 0.0211. The molecule has 108 valence electrons. The van der Waals surface area contributed by atoms with Gasteiger partial charge in [0.05, 0.1) is 11.3 Å². The number of rotatable bonds is 5. The quantitative estimate of drug-likeness (QED) is 0.508. The van der Waals surface area contributed by atoms with Crippen molar-refractivity contribution < 1.29 is 14.3 Å². The van der Waals surface area contributed by atoms with Gasteiger partial charge in [-0.1, -0.05) is 19.1 Å². The molecule has 1 fully saturated rings. The number of nitrogens with two attached hydrogens (primary N) is 1. The smallest absolute Gasteiger partial charge is 0.338 e. The van der Waals surface area contributed by atoms with Crippen LogP contribution in [0.1, 0.15) is 42.5 Å². The number of nitrogen functional groups attached to an aromatic ring is 1. The molecule has 2 rings (SSSR count). The molecular formula is C16H21NO3. The fraction of sp³-hybridized carbons (Fsp3) is 0.438. The van der Waals surface area contributed by atoms with Crippen LogP contribution in [-0.4, -0.2) is 18.7 Å². The van der Waals surface area contributed by atoms with Gasteiger partial charge in [-0.3, -0.25) is 0 Å². The Morgan fingerprint density at radius 1 is 1.35 bits per heavy atom. The van der Waals surface area contributed by atoms with Gasteiger partial charge >= 0.3 is 5.97 Å². The van der Waals surface area contributed by atoms with Crippen LogP contribution in [0.25, 0.3) is 0 Å². The van der Waals surface area contributed by atoms with Crippen LogP contribution in [0.5, 0.6) is 5.75 Å². The first kappa shape index (κ1) is 14.4. The van der Waals surface area contributed by atoms with Gasteiger partial charge in [-0.15, -0.1) is 0 Å². The van der Waals surface area contributed by atoms with E-state index in [0.717, 1.165) is 25.7 Å². The predicted molar refractivity (Wildman–Crippen MR) is 78.8 cm³/mol. The number of benzene rings is 1. The van der Waals surface area contributed by atoms with E-state index in [9.17, 15) is 4.79 Å². The van der Waals surface area contributed by atoms with Gasteiger partial charge in [0.15, 0.2) is 0 Å². The number of ether oxygens (including phenoxy) is 2. The highest BCUT2D eigenvalue weighted by molar-refractivity contribution is 5.90. The van der Waals surface area contributed by atoms with Gasteiger partial charge in [0.1, 0.15) is 18.5 Å². The van der Waals surface area contributed by atoms with Crippen LogP contribution < -0.4 is 10.5 Å². The molecule has 0 aliphatic heterocycles. The minimum Gasteiger partial charge on any atom is -0.487 e. The zero-order valence-electron chi connectivity index (χ0n) is 11.6. The monoisotopic (exact) mass is 275 g/mol. The highest BCUT2D eigenvalue weighted by Crippen LogP contribution is 2.25. The van der Waals surface area contributed by atoms with Gasteiger partial charge in [-0.25, -0.2) is 4.79 Å². The van der Waals surface area contributed by atoms with Crippen LogP contribution >= 0.6 is 0 Å². The molecule has 1 aromatic carbocycles. The maximum absolute atomic E-state index is 12.1. The van der Waals surface area contributed by atoms with Crippen molar-refractivity contribution in [3.05, 3.63) is 36.4 Å². The molecule has 4 nitrogen and oxygen atoms in total. The van der Waals surface area contributed by atoms with Crippen LogP contribution in [0.15, 0.2) is 30.9 Å². The molecule has 0 radical (unpaired) electrons. The van der Waals surface area contributed by atoms with E-state index < -0.39 is 0 Å². The Balaban J connectivity index is 2.03. The third-order valence-corrected chi connectivity index (χ3v) is 3.43. The van der Waals surface area contributed by atoms with E-state index in [4.69, 9.17) is 15.2 Å².